The average molecular weight is 326 g/mol. The molecule has 134 valence electrons. The molecular formula is C17H34N4O2. The van der Waals surface area contributed by atoms with E-state index in [1.807, 2.05) is 9.80 Å². The molecule has 0 spiro atoms. The Bertz CT molecular complexity index is 383. The van der Waals surface area contributed by atoms with Crippen molar-refractivity contribution < 1.29 is 9.59 Å². The third-order valence-corrected chi connectivity index (χ3v) is 4.09. The average Bonchev–Trinajstić information content (AvgIpc) is 2.44. The van der Waals surface area contributed by atoms with Gasteiger partial charge in [-0.3, -0.25) is 9.59 Å². The molecule has 1 fully saturated rings. The summed E-state index contributed by atoms with van der Waals surface area (Å²) < 4.78 is 0. The van der Waals surface area contributed by atoms with Crippen LogP contribution in [0.1, 0.15) is 59.3 Å². The van der Waals surface area contributed by atoms with E-state index in [1.165, 1.54) is 0 Å². The van der Waals surface area contributed by atoms with Crippen LogP contribution in [0.3, 0.4) is 0 Å². The number of nitrogens with two attached hydrogens (primary N) is 2. The first-order valence-corrected chi connectivity index (χ1v) is 8.76. The molecule has 1 aliphatic heterocycles. The number of amides is 2. The summed E-state index contributed by atoms with van der Waals surface area (Å²) in [6.07, 6.45) is 4.54. The minimum absolute atomic E-state index is 0.0100. The SMILES string of the molecule is CC(C)(C)CC(=O)N1CCN(C(=O)CCCCCC(N)N)CC1. The predicted molar refractivity (Wildman–Crippen MR) is 92.5 cm³/mol. The zero-order valence-corrected chi connectivity index (χ0v) is 15.0. The quantitative estimate of drug-likeness (QED) is 0.544. The van der Waals surface area contributed by atoms with E-state index in [9.17, 15) is 9.59 Å². The van der Waals surface area contributed by atoms with Gasteiger partial charge in [-0.15, -0.1) is 0 Å². The van der Waals surface area contributed by atoms with E-state index in [2.05, 4.69) is 20.8 Å². The van der Waals surface area contributed by atoms with Crippen molar-refractivity contribution in [3.05, 3.63) is 0 Å². The third-order valence-electron chi connectivity index (χ3n) is 4.09. The van der Waals surface area contributed by atoms with Crippen molar-refractivity contribution in [1.82, 2.24) is 9.80 Å². The van der Waals surface area contributed by atoms with Crippen LogP contribution < -0.4 is 11.5 Å². The summed E-state index contributed by atoms with van der Waals surface area (Å²) in [7, 11) is 0. The van der Waals surface area contributed by atoms with E-state index in [1.54, 1.807) is 0 Å². The first kappa shape index (κ1) is 19.9. The molecule has 0 aromatic carbocycles. The molecule has 6 nitrogen and oxygen atoms in total. The van der Waals surface area contributed by atoms with E-state index in [0.29, 0.717) is 39.0 Å². The highest BCUT2D eigenvalue weighted by molar-refractivity contribution is 5.78. The fraction of sp³-hybridized carbons (Fsp3) is 0.882. The Morgan fingerprint density at radius 3 is 1.91 bits per heavy atom. The van der Waals surface area contributed by atoms with Gasteiger partial charge in [-0.2, -0.15) is 0 Å². The monoisotopic (exact) mass is 326 g/mol. The van der Waals surface area contributed by atoms with Crippen molar-refractivity contribution in [1.29, 1.82) is 0 Å². The van der Waals surface area contributed by atoms with Gasteiger partial charge < -0.3 is 21.3 Å². The van der Waals surface area contributed by atoms with Gasteiger partial charge in [0.2, 0.25) is 11.8 Å². The molecular weight excluding hydrogens is 292 g/mol. The Morgan fingerprint density at radius 1 is 0.913 bits per heavy atom. The van der Waals surface area contributed by atoms with Crippen molar-refractivity contribution in [2.24, 2.45) is 16.9 Å². The van der Waals surface area contributed by atoms with Gasteiger partial charge in [0, 0.05) is 39.0 Å². The summed E-state index contributed by atoms with van der Waals surface area (Å²) in [5, 5.41) is 0. The summed E-state index contributed by atoms with van der Waals surface area (Å²) in [5.41, 5.74) is 11.0. The maximum atomic E-state index is 12.2. The zero-order valence-electron chi connectivity index (χ0n) is 15.0. The van der Waals surface area contributed by atoms with Crippen LogP contribution in [-0.4, -0.2) is 54.0 Å². The molecule has 1 saturated heterocycles. The molecule has 4 N–H and O–H groups in total. The molecule has 2 amide bonds. The largest absolute Gasteiger partial charge is 0.339 e. The second-order valence-corrected chi connectivity index (χ2v) is 7.76. The second kappa shape index (κ2) is 9.23. The van der Waals surface area contributed by atoms with Gasteiger partial charge >= 0.3 is 0 Å². The standard InChI is InChI=1S/C17H34N4O2/c1-17(2,3)13-16(23)21-11-9-20(10-12-21)15(22)8-6-4-5-7-14(18)19/h14H,4-13,18-19H2,1-3H3. The molecule has 1 aliphatic rings. The van der Waals surface area contributed by atoms with Crippen molar-refractivity contribution in [3.63, 3.8) is 0 Å². The topological polar surface area (TPSA) is 92.7 Å². The molecule has 6 heteroatoms. The molecule has 0 atom stereocenters. The van der Waals surface area contributed by atoms with Gasteiger partial charge in [0.1, 0.15) is 0 Å². The van der Waals surface area contributed by atoms with E-state index in [4.69, 9.17) is 11.5 Å². The highest BCUT2D eigenvalue weighted by atomic mass is 16.2. The lowest BCUT2D eigenvalue weighted by Crippen LogP contribution is -2.51. The number of rotatable bonds is 7. The van der Waals surface area contributed by atoms with Crippen molar-refractivity contribution >= 4 is 11.8 Å². The summed E-state index contributed by atoms with van der Waals surface area (Å²) in [4.78, 5) is 28.1. The molecule has 0 aromatic heterocycles. The third kappa shape index (κ3) is 8.32. The van der Waals surface area contributed by atoms with E-state index in [-0.39, 0.29) is 23.4 Å². The lowest BCUT2D eigenvalue weighted by molar-refractivity contribution is -0.140. The number of hydrogen-bond donors (Lipinski definition) is 2. The van der Waals surface area contributed by atoms with Crippen molar-refractivity contribution in [2.45, 2.75) is 65.5 Å². The van der Waals surface area contributed by atoms with Crippen LogP contribution in [0.15, 0.2) is 0 Å². The van der Waals surface area contributed by atoms with Crippen LogP contribution in [0.2, 0.25) is 0 Å². The Kier molecular flexibility index (Phi) is 7.99. The molecule has 0 saturated carbocycles. The smallest absolute Gasteiger partial charge is 0.223 e. The van der Waals surface area contributed by atoms with Crippen LogP contribution in [0.25, 0.3) is 0 Å². The van der Waals surface area contributed by atoms with Gasteiger partial charge in [0.25, 0.3) is 0 Å². The van der Waals surface area contributed by atoms with Crippen LogP contribution in [0, 0.1) is 5.41 Å². The molecule has 23 heavy (non-hydrogen) atoms. The van der Waals surface area contributed by atoms with E-state index < -0.39 is 0 Å². The first-order chi connectivity index (χ1) is 10.7. The van der Waals surface area contributed by atoms with Gasteiger partial charge in [-0.1, -0.05) is 33.6 Å². The Labute approximate surface area is 140 Å². The molecule has 1 heterocycles. The van der Waals surface area contributed by atoms with Gasteiger partial charge in [-0.25, -0.2) is 0 Å². The van der Waals surface area contributed by atoms with Crippen LogP contribution >= 0.6 is 0 Å². The highest BCUT2D eigenvalue weighted by Gasteiger charge is 2.26. The highest BCUT2D eigenvalue weighted by Crippen LogP contribution is 2.20. The lowest BCUT2D eigenvalue weighted by Gasteiger charge is -2.36. The maximum Gasteiger partial charge on any atom is 0.223 e. The second-order valence-electron chi connectivity index (χ2n) is 7.76. The minimum atomic E-state index is -0.246. The first-order valence-electron chi connectivity index (χ1n) is 8.76. The number of carbonyl (C=O) groups excluding carboxylic acids is 2. The van der Waals surface area contributed by atoms with E-state index in [0.717, 1.165) is 25.7 Å². The Balaban J connectivity index is 2.22. The fourth-order valence-electron chi connectivity index (χ4n) is 2.76. The summed E-state index contributed by atoms with van der Waals surface area (Å²) in [6, 6.07) is 0. The van der Waals surface area contributed by atoms with E-state index >= 15 is 0 Å². The zero-order chi connectivity index (χ0) is 17.5. The molecule has 1 rings (SSSR count). The summed E-state index contributed by atoms with van der Waals surface area (Å²) in [6.45, 7) is 8.84. The molecule has 0 aromatic rings. The maximum absolute atomic E-state index is 12.2. The molecule has 0 radical (unpaired) electrons. The van der Waals surface area contributed by atoms with Crippen LogP contribution in [-0.2, 0) is 9.59 Å². The number of carbonyl (C=O) groups is 2. The van der Waals surface area contributed by atoms with Crippen molar-refractivity contribution in [2.75, 3.05) is 26.2 Å². The van der Waals surface area contributed by atoms with Gasteiger partial charge in [0.05, 0.1) is 6.17 Å². The van der Waals surface area contributed by atoms with Gasteiger partial charge in [-0.05, 0) is 18.3 Å². The summed E-state index contributed by atoms with van der Waals surface area (Å²) in [5.74, 6) is 0.396. The van der Waals surface area contributed by atoms with Crippen LogP contribution in [0.5, 0.6) is 0 Å². The predicted octanol–water partition coefficient (Wildman–Crippen LogP) is 1.29. The van der Waals surface area contributed by atoms with Crippen LogP contribution in [0.4, 0.5) is 0 Å². The van der Waals surface area contributed by atoms with Gasteiger partial charge in [0.15, 0.2) is 0 Å². The fourth-order valence-corrected chi connectivity index (χ4v) is 2.76. The molecule has 0 bridgehead atoms. The number of hydrogen-bond acceptors (Lipinski definition) is 4. The normalized spacial score (nSPS) is 16.1. The number of piperazine rings is 1. The number of nitrogens with zero attached hydrogens (tertiary/aromatic N) is 2. The Hall–Kier alpha value is -1.14. The summed E-state index contributed by atoms with van der Waals surface area (Å²) >= 11 is 0. The number of unbranched alkanes of at least 4 members (excludes halogenated alkanes) is 2. The van der Waals surface area contributed by atoms with Crippen molar-refractivity contribution in [3.8, 4) is 0 Å². The molecule has 0 aliphatic carbocycles. The minimum Gasteiger partial charge on any atom is -0.339 e. The Morgan fingerprint density at radius 2 is 1.43 bits per heavy atom. The molecule has 0 unspecified atom stereocenters. The lowest BCUT2D eigenvalue weighted by atomic mass is 9.91.